The Bertz CT molecular complexity index is 1460. The van der Waals surface area contributed by atoms with E-state index in [1.807, 2.05) is 65.6 Å². The molecule has 278 valence electrons. The Balaban J connectivity index is 1.15. The molecule has 9 nitrogen and oxygen atoms in total. The van der Waals surface area contributed by atoms with E-state index in [4.69, 9.17) is 10.1 Å². The molecule has 3 N–H and O–H groups in total. The van der Waals surface area contributed by atoms with Crippen molar-refractivity contribution in [1.29, 1.82) is 10.8 Å². The maximum atomic E-state index is 13.8. The van der Waals surface area contributed by atoms with Crippen LogP contribution in [0, 0.1) is 22.7 Å². The Kier molecular flexibility index (Phi) is 13.2. The maximum absolute atomic E-state index is 13.8. The van der Waals surface area contributed by atoms with Crippen molar-refractivity contribution in [2.75, 3.05) is 19.6 Å². The average Bonchev–Trinajstić information content (AvgIpc) is 3.47. The molecule has 2 aliphatic heterocycles. The van der Waals surface area contributed by atoms with E-state index in [2.05, 4.69) is 24.1 Å². The Morgan fingerprint density at radius 1 is 0.941 bits per heavy atom. The number of carbonyl (C=O) groups excluding carboxylic acids is 2. The third-order valence-corrected chi connectivity index (χ3v) is 11.3. The van der Waals surface area contributed by atoms with Gasteiger partial charge in [0.05, 0.1) is 11.9 Å². The summed E-state index contributed by atoms with van der Waals surface area (Å²) in [5.74, 6) is -2.45. The second-order valence-electron chi connectivity index (χ2n) is 14.9. The van der Waals surface area contributed by atoms with E-state index in [1.165, 1.54) is 0 Å². The Hall–Kier alpha value is -3.86. The van der Waals surface area contributed by atoms with Gasteiger partial charge >= 0.3 is 6.09 Å². The molecule has 51 heavy (non-hydrogen) atoms. The summed E-state index contributed by atoms with van der Waals surface area (Å²) in [7, 11) is 0. The lowest BCUT2D eigenvalue weighted by atomic mass is 9.86. The normalized spacial score (nSPS) is 22.6. The van der Waals surface area contributed by atoms with Crippen LogP contribution in [0.1, 0.15) is 102 Å². The maximum Gasteiger partial charge on any atom is 0.410 e. The minimum absolute atomic E-state index is 0.0461. The fourth-order valence-electron chi connectivity index (χ4n) is 8.25. The zero-order chi connectivity index (χ0) is 36.5. The fraction of sp³-hybridized carbons (Fsp3) is 0.600. The Labute approximate surface area is 302 Å². The summed E-state index contributed by atoms with van der Waals surface area (Å²) in [6, 6.07) is 19.9. The number of nitrogens with zero attached hydrogens (tertiary/aromatic N) is 3. The van der Waals surface area contributed by atoms with Gasteiger partial charge in [-0.1, -0.05) is 60.7 Å². The van der Waals surface area contributed by atoms with Crippen molar-refractivity contribution in [1.82, 2.24) is 20.0 Å². The Morgan fingerprint density at radius 2 is 1.57 bits per heavy atom. The topological polar surface area (TPSA) is 113 Å². The van der Waals surface area contributed by atoms with E-state index in [1.54, 1.807) is 11.8 Å². The minimum Gasteiger partial charge on any atom is -0.445 e. The predicted octanol–water partition coefficient (Wildman–Crippen LogP) is 8.02. The number of hydrogen-bond donors (Lipinski definition) is 3. The summed E-state index contributed by atoms with van der Waals surface area (Å²) in [5.41, 5.74) is 1.95. The monoisotopic (exact) mass is 706 g/mol. The number of likely N-dealkylation sites (tertiary alicyclic amines) is 2. The van der Waals surface area contributed by atoms with Gasteiger partial charge in [0, 0.05) is 62.4 Å². The van der Waals surface area contributed by atoms with Crippen LogP contribution in [-0.4, -0.2) is 82.1 Å². The lowest BCUT2D eigenvalue weighted by Crippen LogP contribution is -2.50. The largest absolute Gasteiger partial charge is 0.445 e. The van der Waals surface area contributed by atoms with Crippen molar-refractivity contribution >= 4 is 23.7 Å². The predicted molar refractivity (Wildman–Crippen MR) is 196 cm³/mol. The van der Waals surface area contributed by atoms with Crippen molar-refractivity contribution in [3.63, 3.8) is 0 Å². The van der Waals surface area contributed by atoms with Gasteiger partial charge in [-0.15, -0.1) is 0 Å². The zero-order valence-electron chi connectivity index (χ0n) is 30.5. The highest BCUT2D eigenvalue weighted by Gasteiger charge is 2.39. The standard InChI is InChI=1S/C40H56F2N6O3/c1-28-14-15-35(47(28)25-20-36(32-12-8-5-9-13-32)45-38(49)34-16-21-40(41,42)22-17-34)26-29(2)48(30(3)43)37(44)33-18-23-46(24-19-33)39(50)51-27-31-10-6-4-7-11-31/h4-13,28-29,33-36,43-44H,14-27H2,1-3H3,(H,45,49). The molecule has 2 amide bonds. The molecule has 4 unspecified atom stereocenters. The van der Waals surface area contributed by atoms with Gasteiger partial charge in [0.1, 0.15) is 12.4 Å². The number of carbonyl (C=O) groups is 2. The lowest BCUT2D eigenvalue weighted by Gasteiger charge is -2.39. The molecular weight excluding hydrogens is 650 g/mol. The average molecular weight is 707 g/mol. The first-order valence-electron chi connectivity index (χ1n) is 18.8. The fourth-order valence-corrected chi connectivity index (χ4v) is 8.25. The number of benzene rings is 2. The van der Waals surface area contributed by atoms with Gasteiger partial charge in [-0.2, -0.15) is 0 Å². The number of nitrogens with one attached hydrogen (secondary N) is 3. The summed E-state index contributed by atoms with van der Waals surface area (Å²) < 4.78 is 33.1. The van der Waals surface area contributed by atoms with Crippen LogP contribution in [0.25, 0.3) is 0 Å². The van der Waals surface area contributed by atoms with Crippen LogP contribution >= 0.6 is 0 Å². The summed E-state index contributed by atoms with van der Waals surface area (Å²) >= 11 is 0. The van der Waals surface area contributed by atoms with Gasteiger partial charge in [-0.05, 0) is 83.3 Å². The zero-order valence-corrected chi connectivity index (χ0v) is 30.5. The molecule has 0 aromatic heterocycles. The smallest absolute Gasteiger partial charge is 0.410 e. The molecule has 11 heteroatoms. The molecule has 5 rings (SSSR count). The molecule has 0 bridgehead atoms. The van der Waals surface area contributed by atoms with Gasteiger partial charge in [0.25, 0.3) is 0 Å². The third-order valence-electron chi connectivity index (χ3n) is 11.3. The molecule has 3 fully saturated rings. The van der Waals surface area contributed by atoms with E-state index in [9.17, 15) is 23.8 Å². The van der Waals surface area contributed by atoms with Crippen LogP contribution in [0.5, 0.6) is 0 Å². The van der Waals surface area contributed by atoms with Crippen LogP contribution in [-0.2, 0) is 16.1 Å². The number of alkyl halides is 2. The van der Waals surface area contributed by atoms with E-state index in [0.717, 1.165) is 36.9 Å². The molecule has 2 heterocycles. The van der Waals surface area contributed by atoms with Gasteiger partial charge in [0.15, 0.2) is 0 Å². The van der Waals surface area contributed by atoms with Crippen molar-refractivity contribution in [3.8, 4) is 0 Å². The molecule has 1 aliphatic carbocycles. The van der Waals surface area contributed by atoms with Crippen molar-refractivity contribution < 1.29 is 23.1 Å². The van der Waals surface area contributed by atoms with Crippen LogP contribution < -0.4 is 5.32 Å². The Morgan fingerprint density at radius 3 is 2.20 bits per heavy atom. The van der Waals surface area contributed by atoms with E-state index >= 15 is 0 Å². The van der Waals surface area contributed by atoms with Crippen molar-refractivity contribution in [2.24, 2.45) is 11.8 Å². The highest BCUT2D eigenvalue weighted by atomic mass is 19.3. The van der Waals surface area contributed by atoms with Gasteiger partial charge in [-0.25, -0.2) is 13.6 Å². The van der Waals surface area contributed by atoms with Crippen LogP contribution in [0.15, 0.2) is 60.7 Å². The number of halogens is 2. The first-order valence-corrected chi connectivity index (χ1v) is 18.8. The first-order chi connectivity index (χ1) is 24.4. The van der Waals surface area contributed by atoms with Gasteiger partial charge < -0.3 is 19.9 Å². The number of hydrogen-bond acceptors (Lipinski definition) is 6. The molecular formula is C40H56F2N6O3. The number of amidine groups is 2. The molecule has 0 radical (unpaired) electrons. The number of ether oxygens (including phenoxy) is 1. The van der Waals surface area contributed by atoms with Gasteiger partial charge in [0.2, 0.25) is 11.8 Å². The second-order valence-corrected chi connectivity index (χ2v) is 14.9. The lowest BCUT2D eigenvalue weighted by molar-refractivity contribution is -0.130. The first kappa shape index (κ1) is 38.4. The van der Waals surface area contributed by atoms with E-state index < -0.39 is 5.92 Å². The molecule has 3 aliphatic rings. The van der Waals surface area contributed by atoms with Gasteiger partial charge in [-0.3, -0.25) is 20.5 Å². The molecule has 1 saturated carbocycles. The summed E-state index contributed by atoms with van der Waals surface area (Å²) in [5, 5.41) is 21.1. The summed E-state index contributed by atoms with van der Waals surface area (Å²) in [6.45, 7) is 8.11. The van der Waals surface area contributed by atoms with E-state index in [0.29, 0.717) is 50.1 Å². The minimum atomic E-state index is -2.67. The van der Waals surface area contributed by atoms with E-state index in [-0.39, 0.29) is 74.3 Å². The summed E-state index contributed by atoms with van der Waals surface area (Å²) in [4.78, 5) is 32.1. The summed E-state index contributed by atoms with van der Waals surface area (Å²) in [6.07, 6.45) is 4.48. The second kappa shape index (κ2) is 17.6. The molecule has 0 spiro atoms. The third kappa shape index (κ3) is 10.4. The van der Waals surface area contributed by atoms with Crippen LogP contribution in [0.3, 0.4) is 0 Å². The molecule has 2 aromatic rings. The molecule has 2 saturated heterocycles. The number of rotatable bonds is 12. The SMILES string of the molecule is CC(=N)N(C(=N)C1CCN(C(=O)OCc2ccccc2)CC1)C(C)CC1CCC(C)N1CCC(NC(=O)C1CCC(F)(F)CC1)c1ccccc1. The molecule has 2 aromatic carbocycles. The highest BCUT2D eigenvalue weighted by molar-refractivity contribution is 5.98. The van der Waals surface area contributed by atoms with Crippen LogP contribution in [0.4, 0.5) is 13.6 Å². The van der Waals surface area contributed by atoms with Crippen molar-refractivity contribution in [3.05, 3.63) is 71.8 Å². The number of amides is 2. The number of piperidine rings is 1. The van der Waals surface area contributed by atoms with Crippen molar-refractivity contribution in [2.45, 2.75) is 122 Å². The quantitative estimate of drug-likeness (QED) is 0.153. The molecule has 4 atom stereocenters. The highest BCUT2D eigenvalue weighted by Crippen LogP contribution is 2.37. The van der Waals surface area contributed by atoms with Crippen LogP contribution in [0.2, 0.25) is 0 Å².